The van der Waals surface area contributed by atoms with Crippen LogP contribution in [-0.2, 0) is 9.53 Å². The average Bonchev–Trinajstić information content (AvgIpc) is 2.25. The van der Waals surface area contributed by atoms with E-state index in [9.17, 15) is 9.59 Å². The van der Waals surface area contributed by atoms with Crippen molar-refractivity contribution < 1.29 is 14.3 Å². The SMILES string of the molecule is CCC(=O)[C@H]1CCCCN1C(=O)OC(C)(C)C. The van der Waals surface area contributed by atoms with E-state index in [2.05, 4.69) is 0 Å². The molecule has 1 amide bonds. The zero-order valence-electron chi connectivity index (χ0n) is 11.3. The molecule has 0 bridgehead atoms. The molecule has 1 rings (SSSR count). The highest BCUT2D eigenvalue weighted by Crippen LogP contribution is 2.21. The molecule has 0 unspecified atom stereocenters. The Morgan fingerprint density at radius 3 is 2.47 bits per heavy atom. The summed E-state index contributed by atoms with van der Waals surface area (Å²) in [6.45, 7) is 7.98. The van der Waals surface area contributed by atoms with Gasteiger partial charge >= 0.3 is 6.09 Å². The Bertz CT molecular complexity index is 294. The number of ether oxygens (including phenoxy) is 1. The zero-order chi connectivity index (χ0) is 13.1. The Morgan fingerprint density at radius 2 is 1.94 bits per heavy atom. The molecule has 1 aliphatic rings. The average molecular weight is 241 g/mol. The minimum absolute atomic E-state index is 0.135. The maximum Gasteiger partial charge on any atom is 0.410 e. The minimum Gasteiger partial charge on any atom is -0.444 e. The standard InChI is InChI=1S/C13H23NO3/c1-5-11(15)10-8-6-7-9-14(10)12(16)17-13(2,3)4/h10H,5-9H2,1-4H3/t10-/m1/s1. The van der Waals surface area contributed by atoms with Gasteiger partial charge in [0, 0.05) is 13.0 Å². The number of Topliss-reactive ketones (excluding diaryl/α,β-unsaturated/α-hetero) is 1. The van der Waals surface area contributed by atoms with Crippen LogP contribution in [0.4, 0.5) is 4.79 Å². The molecule has 0 aromatic carbocycles. The highest BCUT2D eigenvalue weighted by Gasteiger charge is 2.33. The van der Waals surface area contributed by atoms with Crippen LogP contribution in [0.2, 0.25) is 0 Å². The van der Waals surface area contributed by atoms with Gasteiger partial charge in [-0.1, -0.05) is 6.92 Å². The quantitative estimate of drug-likeness (QED) is 0.746. The Hall–Kier alpha value is -1.06. The van der Waals surface area contributed by atoms with E-state index in [0.717, 1.165) is 19.3 Å². The summed E-state index contributed by atoms with van der Waals surface area (Å²) < 4.78 is 5.34. The van der Waals surface area contributed by atoms with E-state index in [1.165, 1.54) is 0 Å². The molecule has 17 heavy (non-hydrogen) atoms. The topological polar surface area (TPSA) is 46.6 Å². The summed E-state index contributed by atoms with van der Waals surface area (Å²) >= 11 is 0. The molecule has 1 heterocycles. The van der Waals surface area contributed by atoms with Gasteiger partial charge in [0.1, 0.15) is 5.60 Å². The second-order valence-electron chi connectivity index (χ2n) is 5.51. The number of piperidine rings is 1. The number of hydrogen-bond donors (Lipinski definition) is 0. The molecule has 98 valence electrons. The van der Waals surface area contributed by atoms with Crippen LogP contribution < -0.4 is 0 Å². The van der Waals surface area contributed by atoms with Crippen LogP contribution in [0.25, 0.3) is 0 Å². The van der Waals surface area contributed by atoms with Gasteiger partial charge in [0.15, 0.2) is 5.78 Å². The van der Waals surface area contributed by atoms with Crippen LogP contribution in [-0.4, -0.2) is 35.0 Å². The predicted octanol–water partition coefficient (Wildman–Crippen LogP) is 2.76. The maximum atomic E-state index is 12.0. The van der Waals surface area contributed by atoms with Gasteiger partial charge in [0.25, 0.3) is 0 Å². The van der Waals surface area contributed by atoms with Crippen LogP contribution in [0.3, 0.4) is 0 Å². The molecule has 1 atom stereocenters. The van der Waals surface area contributed by atoms with E-state index < -0.39 is 5.60 Å². The fourth-order valence-corrected chi connectivity index (χ4v) is 2.04. The molecule has 1 aliphatic heterocycles. The van der Waals surface area contributed by atoms with Crippen LogP contribution in [0.5, 0.6) is 0 Å². The van der Waals surface area contributed by atoms with Gasteiger partial charge in [-0.05, 0) is 40.0 Å². The number of amides is 1. The van der Waals surface area contributed by atoms with Crippen molar-refractivity contribution in [2.24, 2.45) is 0 Å². The van der Waals surface area contributed by atoms with Crippen molar-refractivity contribution in [1.29, 1.82) is 0 Å². The van der Waals surface area contributed by atoms with Crippen LogP contribution >= 0.6 is 0 Å². The highest BCUT2D eigenvalue weighted by atomic mass is 16.6. The molecule has 1 saturated heterocycles. The van der Waals surface area contributed by atoms with Crippen LogP contribution in [0.1, 0.15) is 53.4 Å². The molecular weight excluding hydrogens is 218 g/mol. The van der Waals surface area contributed by atoms with Crippen molar-refractivity contribution in [2.75, 3.05) is 6.54 Å². The molecule has 0 aromatic heterocycles. The summed E-state index contributed by atoms with van der Waals surface area (Å²) in [5, 5.41) is 0. The van der Waals surface area contributed by atoms with Crippen molar-refractivity contribution in [3.63, 3.8) is 0 Å². The number of ketones is 1. The summed E-state index contributed by atoms with van der Waals surface area (Å²) in [6, 6.07) is -0.274. The molecule has 0 saturated carbocycles. The largest absolute Gasteiger partial charge is 0.444 e. The number of hydrogen-bond acceptors (Lipinski definition) is 3. The third kappa shape index (κ3) is 4.02. The van der Waals surface area contributed by atoms with E-state index in [4.69, 9.17) is 4.74 Å². The lowest BCUT2D eigenvalue weighted by atomic mass is 9.98. The molecular formula is C13H23NO3. The molecule has 4 nitrogen and oxygen atoms in total. The summed E-state index contributed by atoms with van der Waals surface area (Å²) in [5.74, 6) is 0.135. The molecule has 0 aromatic rings. The first kappa shape index (κ1) is 14.0. The molecule has 0 N–H and O–H groups in total. The van der Waals surface area contributed by atoms with E-state index in [1.54, 1.807) is 4.90 Å². The first-order chi connectivity index (χ1) is 7.85. The molecule has 0 radical (unpaired) electrons. The number of carbonyl (C=O) groups is 2. The lowest BCUT2D eigenvalue weighted by molar-refractivity contribution is -0.125. The smallest absolute Gasteiger partial charge is 0.410 e. The van der Waals surface area contributed by atoms with Gasteiger partial charge in [0.2, 0.25) is 0 Å². The summed E-state index contributed by atoms with van der Waals surface area (Å²) in [6.07, 6.45) is 2.85. The normalized spacial score (nSPS) is 21.2. The van der Waals surface area contributed by atoms with Gasteiger partial charge in [-0.3, -0.25) is 9.69 Å². The number of nitrogens with zero attached hydrogens (tertiary/aromatic N) is 1. The Labute approximate surface area is 103 Å². The van der Waals surface area contributed by atoms with Crippen LogP contribution in [0.15, 0.2) is 0 Å². The van der Waals surface area contributed by atoms with Crippen LogP contribution in [0, 0.1) is 0 Å². The number of carbonyl (C=O) groups excluding carboxylic acids is 2. The van der Waals surface area contributed by atoms with E-state index in [-0.39, 0.29) is 17.9 Å². The first-order valence-corrected chi connectivity index (χ1v) is 6.37. The second kappa shape index (κ2) is 5.52. The fourth-order valence-electron chi connectivity index (χ4n) is 2.04. The summed E-state index contributed by atoms with van der Waals surface area (Å²) in [4.78, 5) is 25.4. The van der Waals surface area contributed by atoms with Gasteiger partial charge in [-0.2, -0.15) is 0 Å². The fraction of sp³-hybridized carbons (Fsp3) is 0.846. The lowest BCUT2D eigenvalue weighted by Gasteiger charge is -2.35. The molecule has 0 spiro atoms. The summed E-state index contributed by atoms with van der Waals surface area (Å²) in [5.41, 5.74) is -0.506. The van der Waals surface area contributed by atoms with Gasteiger partial charge in [0.05, 0.1) is 6.04 Å². The van der Waals surface area contributed by atoms with E-state index in [0.29, 0.717) is 13.0 Å². The second-order valence-corrected chi connectivity index (χ2v) is 5.51. The van der Waals surface area contributed by atoms with Crippen molar-refractivity contribution in [3.05, 3.63) is 0 Å². The number of rotatable bonds is 2. The van der Waals surface area contributed by atoms with Gasteiger partial charge in [-0.15, -0.1) is 0 Å². The zero-order valence-corrected chi connectivity index (χ0v) is 11.3. The Morgan fingerprint density at radius 1 is 1.29 bits per heavy atom. The van der Waals surface area contributed by atoms with E-state index >= 15 is 0 Å². The Kier molecular flexibility index (Phi) is 4.54. The monoisotopic (exact) mass is 241 g/mol. The van der Waals surface area contributed by atoms with Crippen molar-refractivity contribution in [3.8, 4) is 0 Å². The van der Waals surface area contributed by atoms with Crippen molar-refractivity contribution in [2.45, 2.75) is 65.0 Å². The molecule has 1 fully saturated rings. The number of likely N-dealkylation sites (tertiary alicyclic amines) is 1. The van der Waals surface area contributed by atoms with Gasteiger partial charge < -0.3 is 4.74 Å². The van der Waals surface area contributed by atoms with E-state index in [1.807, 2.05) is 27.7 Å². The van der Waals surface area contributed by atoms with Gasteiger partial charge in [-0.25, -0.2) is 4.79 Å². The van der Waals surface area contributed by atoms with Crippen molar-refractivity contribution in [1.82, 2.24) is 4.90 Å². The first-order valence-electron chi connectivity index (χ1n) is 6.37. The third-order valence-electron chi connectivity index (χ3n) is 2.85. The molecule has 0 aliphatic carbocycles. The lowest BCUT2D eigenvalue weighted by Crippen LogP contribution is -2.49. The van der Waals surface area contributed by atoms with Crippen molar-refractivity contribution >= 4 is 11.9 Å². The third-order valence-corrected chi connectivity index (χ3v) is 2.85. The minimum atomic E-state index is -0.506. The maximum absolute atomic E-state index is 12.0. The molecule has 4 heteroatoms. The Balaban J connectivity index is 2.71. The summed E-state index contributed by atoms with van der Waals surface area (Å²) in [7, 11) is 0. The predicted molar refractivity (Wildman–Crippen MR) is 65.9 cm³/mol. The highest BCUT2D eigenvalue weighted by molar-refractivity contribution is 5.87.